The van der Waals surface area contributed by atoms with Gasteiger partial charge in [-0.05, 0) is 36.1 Å². The Hall–Kier alpha value is -1.39. The Kier molecular flexibility index (Phi) is 3.76. The largest absolute Gasteiger partial charge is 0.323 e. The second-order valence-corrected chi connectivity index (χ2v) is 6.28. The molecule has 0 aliphatic heterocycles. The fourth-order valence-electron chi connectivity index (χ4n) is 2.63. The third kappa shape index (κ3) is 2.58. The maximum atomic E-state index is 13.7. The van der Waals surface area contributed by atoms with Gasteiger partial charge in [-0.15, -0.1) is 11.8 Å². The van der Waals surface area contributed by atoms with Crippen molar-refractivity contribution in [1.82, 2.24) is 0 Å². The molecule has 0 saturated heterocycles. The number of rotatable bonds is 2. The zero-order valence-electron chi connectivity index (χ0n) is 10.9. The average molecular weight is 291 g/mol. The first-order valence-electron chi connectivity index (χ1n) is 6.60. The molecule has 2 aromatic carbocycles. The van der Waals surface area contributed by atoms with Crippen molar-refractivity contribution in [3.05, 3.63) is 65.2 Å². The second-order valence-electron chi connectivity index (χ2n) is 4.99. The van der Waals surface area contributed by atoms with Crippen LogP contribution in [0, 0.1) is 11.6 Å². The molecule has 0 aromatic heterocycles. The zero-order chi connectivity index (χ0) is 14.1. The smallest absolute Gasteiger partial charge is 0.139 e. The molecule has 20 heavy (non-hydrogen) atoms. The highest BCUT2D eigenvalue weighted by atomic mass is 32.2. The van der Waals surface area contributed by atoms with Crippen LogP contribution < -0.4 is 5.73 Å². The fraction of sp³-hybridized carbons (Fsp3) is 0.250. The summed E-state index contributed by atoms with van der Waals surface area (Å²) in [5.74, 6) is -1.06. The van der Waals surface area contributed by atoms with E-state index < -0.39 is 11.6 Å². The number of halogens is 2. The number of hydrogen-bond donors (Lipinski definition) is 1. The molecule has 0 fully saturated rings. The zero-order valence-corrected chi connectivity index (χ0v) is 11.7. The van der Waals surface area contributed by atoms with Crippen molar-refractivity contribution in [2.45, 2.75) is 29.0 Å². The van der Waals surface area contributed by atoms with E-state index in [1.165, 1.54) is 29.5 Å². The second kappa shape index (κ2) is 5.54. The van der Waals surface area contributed by atoms with Crippen LogP contribution in [0.5, 0.6) is 0 Å². The first kappa shape index (κ1) is 13.6. The number of aryl methyl sites for hydroxylation is 1. The van der Waals surface area contributed by atoms with Crippen molar-refractivity contribution in [3.63, 3.8) is 0 Å². The van der Waals surface area contributed by atoms with Crippen LogP contribution in [0.25, 0.3) is 0 Å². The minimum absolute atomic E-state index is 0.116. The van der Waals surface area contributed by atoms with E-state index in [9.17, 15) is 8.78 Å². The third-order valence-corrected chi connectivity index (χ3v) is 5.10. The molecular formula is C16H15F2NS. The summed E-state index contributed by atoms with van der Waals surface area (Å²) in [6, 6.07) is 11.7. The van der Waals surface area contributed by atoms with Crippen LogP contribution in [-0.2, 0) is 6.42 Å². The maximum absolute atomic E-state index is 13.7. The maximum Gasteiger partial charge on any atom is 0.139 e. The molecular weight excluding hydrogens is 276 g/mol. The van der Waals surface area contributed by atoms with Crippen LogP contribution in [0.1, 0.15) is 23.6 Å². The Labute approximate surface area is 121 Å². The van der Waals surface area contributed by atoms with E-state index in [0.29, 0.717) is 4.90 Å². The lowest BCUT2D eigenvalue weighted by Gasteiger charge is -2.30. The van der Waals surface area contributed by atoms with Crippen molar-refractivity contribution in [3.8, 4) is 0 Å². The van der Waals surface area contributed by atoms with Crippen molar-refractivity contribution < 1.29 is 8.78 Å². The van der Waals surface area contributed by atoms with E-state index in [1.807, 2.05) is 18.2 Å². The quantitative estimate of drug-likeness (QED) is 0.902. The minimum atomic E-state index is -0.551. The summed E-state index contributed by atoms with van der Waals surface area (Å²) < 4.78 is 26.7. The molecule has 1 aliphatic carbocycles. The van der Waals surface area contributed by atoms with E-state index in [4.69, 9.17) is 5.73 Å². The lowest BCUT2D eigenvalue weighted by molar-refractivity contribution is 0.560. The average Bonchev–Trinajstić information content (AvgIpc) is 2.45. The minimum Gasteiger partial charge on any atom is -0.323 e. The van der Waals surface area contributed by atoms with Gasteiger partial charge in [-0.3, -0.25) is 0 Å². The Morgan fingerprint density at radius 3 is 2.70 bits per heavy atom. The van der Waals surface area contributed by atoms with Crippen LogP contribution in [0.15, 0.2) is 47.4 Å². The molecule has 2 unspecified atom stereocenters. The highest BCUT2D eigenvalue weighted by Crippen LogP contribution is 2.39. The van der Waals surface area contributed by atoms with E-state index in [0.717, 1.165) is 24.5 Å². The van der Waals surface area contributed by atoms with Crippen LogP contribution in [0.2, 0.25) is 0 Å². The molecule has 0 bridgehead atoms. The Morgan fingerprint density at radius 1 is 1.10 bits per heavy atom. The summed E-state index contributed by atoms with van der Waals surface area (Å²) in [5.41, 5.74) is 8.71. The Balaban J connectivity index is 1.83. The molecule has 2 N–H and O–H groups in total. The van der Waals surface area contributed by atoms with Crippen LogP contribution in [0.4, 0.5) is 8.78 Å². The molecule has 4 heteroatoms. The van der Waals surface area contributed by atoms with Gasteiger partial charge in [-0.1, -0.05) is 24.3 Å². The number of hydrogen-bond acceptors (Lipinski definition) is 2. The van der Waals surface area contributed by atoms with Gasteiger partial charge in [-0.2, -0.15) is 0 Å². The van der Waals surface area contributed by atoms with Gasteiger partial charge in [0.15, 0.2) is 0 Å². The number of fused-ring (bicyclic) bond motifs is 1. The summed E-state index contributed by atoms with van der Waals surface area (Å²) in [6.45, 7) is 0. The lowest BCUT2D eigenvalue weighted by atomic mass is 9.88. The molecule has 0 spiro atoms. The predicted molar refractivity (Wildman–Crippen MR) is 77.7 cm³/mol. The van der Waals surface area contributed by atoms with Crippen molar-refractivity contribution >= 4 is 11.8 Å². The molecule has 1 nitrogen and oxygen atoms in total. The highest BCUT2D eigenvalue weighted by Gasteiger charge is 2.27. The molecule has 0 amide bonds. The summed E-state index contributed by atoms with van der Waals surface area (Å²) >= 11 is 1.40. The summed E-state index contributed by atoms with van der Waals surface area (Å²) in [5, 5.41) is 0.116. The van der Waals surface area contributed by atoms with E-state index in [1.54, 1.807) is 0 Å². The van der Waals surface area contributed by atoms with Gasteiger partial charge in [-0.25, -0.2) is 8.78 Å². The SMILES string of the molecule is NC1c2ccccc2CCC1Sc1ccc(F)cc1F. The molecule has 2 aromatic rings. The number of nitrogens with two attached hydrogens (primary N) is 1. The topological polar surface area (TPSA) is 26.0 Å². The fourth-order valence-corrected chi connectivity index (χ4v) is 3.80. The molecule has 2 atom stereocenters. The van der Waals surface area contributed by atoms with Gasteiger partial charge in [0.2, 0.25) is 0 Å². The van der Waals surface area contributed by atoms with Crippen LogP contribution in [-0.4, -0.2) is 5.25 Å². The van der Waals surface area contributed by atoms with Gasteiger partial charge < -0.3 is 5.73 Å². The summed E-state index contributed by atoms with van der Waals surface area (Å²) in [4.78, 5) is 0.464. The Bertz CT molecular complexity index is 630. The van der Waals surface area contributed by atoms with Crippen LogP contribution >= 0.6 is 11.8 Å². The third-order valence-electron chi connectivity index (χ3n) is 3.69. The first-order valence-corrected chi connectivity index (χ1v) is 7.48. The molecule has 3 rings (SSSR count). The van der Waals surface area contributed by atoms with E-state index in [2.05, 4.69) is 6.07 Å². The van der Waals surface area contributed by atoms with Crippen molar-refractivity contribution in [2.24, 2.45) is 5.73 Å². The van der Waals surface area contributed by atoms with Gasteiger partial charge in [0.1, 0.15) is 11.6 Å². The normalized spacial score (nSPS) is 21.6. The van der Waals surface area contributed by atoms with Gasteiger partial charge in [0.05, 0.1) is 0 Å². The van der Waals surface area contributed by atoms with Crippen molar-refractivity contribution in [2.75, 3.05) is 0 Å². The van der Waals surface area contributed by atoms with Gasteiger partial charge in [0, 0.05) is 22.3 Å². The monoisotopic (exact) mass is 291 g/mol. The highest BCUT2D eigenvalue weighted by molar-refractivity contribution is 8.00. The standard InChI is InChI=1S/C16H15F2NS/c17-11-6-8-14(13(18)9-11)20-15-7-5-10-3-1-2-4-12(10)16(15)19/h1-4,6,8-9,15-16H,5,7,19H2. The lowest BCUT2D eigenvalue weighted by Crippen LogP contribution is -2.29. The first-order chi connectivity index (χ1) is 9.65. The van der Waals surface area contributed by atoms with E-state index >= 15 is 0 Å². The predicted octanol–water partition coefficient (Wildman–Crippen LogP) is 4.07. The summed E-state index contributed by atoms with van der Waals surface area (Å²) in [6.07, 6.45) is 1.85. The molecule has 1 aliphatic rings. The van der Waals surface area contributed by atoms with E-state index in [-0.39, 0.29) is 11.3 Å². The molecule has 0 saturated carbocycles. The van der Waals surface area contributed by atoms with Gasteiger partial charge >= 0.3 is 0 Å². The number of thioether (sulfide) groups is 1. The Morgan fingerprint density at radius 2 is 1.90 bits per heavy atom. The van der Waals surface area contributed by atoms with Crippen LogP contribution in [0.3, 0.4) is 0 Å². The number of benzene rings is 2. The summed E-state index contributed by atoms with van der Waals surface area (Å²) in [7, 11) is 0. The van der Waals surface area contributed by atoms with Crippen molar-refractivity contribution in [1.29, 1.82) is 0 Å². The molecule has 0 radical (unpaired) electrons. The molecule has 104 valence electrons. The van der Waals surface area contributed by atoms with Gasteiger partial charge in [0.25, 0.3) is 0 Å². The molecule has 0 heterocycles.